The molecule has 0 aliphatic heterocycles. The summed E-state index contributed by atoms with van der Waals surface area (Å²) in [6.45, 7) is 0. The Balaban J connectivity index is 1.62. The van der Waals surface area contributed by atoms with Crippen molar-refractivity contribution < 1.29 is 17.9 Å². The van der Waals surface area contributed by atoms with Crippen LogP contribution in [0.3, 0.4) is 0 Å². The standard InChI is InChI=1S/C21H16ClN5O4S/c1-31-21-19(32(29,30)27-15-5-3-14(22)4-6-15)11-16(12-25-21)26-20(28)13-2-7-17-18(10-13)24-9-8-23-17/h2-12,27H,1H3,(H,26,28). The van der Waals surface area contributed by atoms with Gasteiger partial charge in [0.2, 0.25) is 5.88 Å². The summed E-state index contributed by atoms with van der Waals surface area (Å²) in [6, 6.07) is 12.3. The number of hydrogen-bond acceptors (Lipinski definition) is 7. The van der Waals surface area contributed by atoms with E-state index in [1.54, 1.807) is 36.5 Å². The third kappa shape index (κ3) is 4.61. The summed E-state index contributed by atoms with van der Waals surface area (Å²) in [4.78, 5) is 24.8. The van der Waals surface area contributed by atoms with E-state index >= 15 is 0 Å². The topological polar surface area (TPSA) is 123 Å². The highest BCUT2D eigenvalue weighted by molar-refractivity contribution is 7.92. The van der Waals surface area contributed by atoms with Gasteiger partial charge in [-0.1, -0.05) is 11.6 Å². The maximum atomic E-state index is 12.9. The highest BCUT2D eigenvalue weighted by Gasteiger charge is 2.22. The fraction of sp³-hybridized carbons (Fsp3) is 0.0476. The Morgan fingerprint density at radius 1 is 0.938 bits per heavy atom. The molecule has 0 unspecified atom stereocenters. The van der Waals surface area contributed by atoms with Crippen molar-refractivity contribution in [2.75, 3.05) is 17.1 Å². The zero-order valence-electron chi connectivity index (χ0n) is 16.6. The molecule has 11 heteroatoms. The molecule has 2 aromatic heterocycles. The average Bonchev–Trinajstić information content (AvgIpc) is 2.80. The van der Waals surface area contributed by atoms with Crippen molar-refractivity contribution in [2.24, 2.45) is 0 Å². The SMILES string of the molecule is COc1ncc(NC(=O)c2ccc3nccnc3c2)cc1S(=O)(=O)Nc1ccc(Cl)cc1. The van der Waals surface area contributed by atoms with Crippen LogP contribution in [-0.2, 0) is 10.0 Å². The van der Waals surface area contributed by atoms with E-state index in [0.717, 1.165) is 0 Å². The van der Waals surface area contributed by atoms with Crippen molar-refractivity contribution in [1.82, 2.24) is 15.0 Å². The first-order valence-corrected chi connectivity index (χ1v) is 11.1. The van der Waals surface area contributed by atoms with Crippen LogP contribution in [0, 0.1) is 0 Å². The highest BCUT2D eigenvalue weighted by atomic mass is 35.5. The van der Waals surface area contributed by atoms with Gasteiger partial charge in [-0.3, -0.25) is 19.5 Å². The molecule has 0 aliphatic rings. The molecule has 0 atom stereocenters. The molecule has 0 saturated carbocycles. The Morgan fingerprint density at radius 2 is 1.66 bits per heavy atom. The second-order valence-electron chi connectivity index (χ2n) is 6.56. The summed E-state index contributed by atoms with van der Waals surface area (Å²) < 4.78 is 33.4. The molecule has 4 aromatic rings. The molecule has 32 heavy (non-hydrogen) atoms. The number of rotatable bonds is 6. The van der Waals surface area contributed by atoms with Crippen molar-refractivity contribution in [3.63, 3.8) is 0 Å². The van der Waals surface area contributed by atoms with Gasteiger partial charge >= 0.3 is 0 Å². The van der Waals surface area contributed by atoms with Crippen LogP contribution in [0.4, 0.5) is 11.4 Å². The predicted octanol–water partition coefficient (Wildman–Crippen LogP) is 3.74. The first-order chi connectivity index (χ1) is 15.4. The van der Waals surface area contributed by atoms with Crippen LogP contribution in [0.2, 0.25) is 5.02 Å². The molecule has 4 rings (SSSR count). The quantitative estimate of drug-likeness (QED) is 0.441. The molecule has 0 saturated heterocycles. The van der Waals surface area contributed by atoms with Gasteiger partial charge in [0.15, 0.2) is 4.90 Å². The largest absolute Gasteiger partial charge is 0.480 e. The van der Waals surface area contributed by atoms with Crippen LogP contribution in [0.25, 0.3) is 11.0 Å². The van der Waals surface area contributed by atoms with Crippen molar-refractivity contribution in [3.05, 3.63) is 77.7 Å². The van der Waals surface area contributed by atoms with E-state index < -0.39 is 15.9 Å². The summed E-state index contributed by atoms with van der Waals surface area (Å²) in [5.74, 6) is -0.580. The number of hydrogen-bond donors (Lipinski definition) is 2. The molecule has 2 heterocycles. The van der Waals surface area contributed by atoms with E-state index in [0.29, 0.717) is 27.3 Å². The van der Waals surface area contributed by atoms with Gasteiger partial charge in [-0.15, -0.1) is 0 Å². The first kappa shape index (κ1) is 21.5. The van der Waals surface area contributed by atoms with Crippen LogP contribution in [0.5, 0.6) is 5.88 Å². The van der Waals surface area contributed by atoms with Crippen molar-refractivity contribution in [2.45, 2.75) is 4.90 Å². The number of aromatic nitrogens is 3. The van der Waals surface area contributed by atoms with Crippen LogP contribution in [0.15, 0.2) is 72.0 Å². The van der Waals surface area contributed by atoms with Gasteiger partial charge in [0.25, 0.3) is 15.9 Å². The summed E-state index contributed by atoms with van der Waals surface area (Å²) in [6.07, 6.45) is 4.40. The average molecular weight is 470 g/mol. The molecule has 162 valence electrons. The lowest BCUT2D eigenvalue weighted by Gasteiger charge is -2.13. The number of halogens is 1. The van der Waals surface area contributed by atoms with E-state index in [2.05, 4.69) is 25.0 Å². The molecular formula is C21H16ClN5O4S. The Hall–Kier alpha value is -3.76. The number of fused-ring (bicyclic) bond motifs is 1. The van der Waals surface area contributed by atoms with Gasteiger partial charge in [0, 0.05) is 28.7 Å². The number of benzene rings is 2. The van der Waals surface area contributed by atoms with Crippen molar-refractivity contribution >= 4 is 49.9 Å². The van der Waals surface area contributed by atoms with Gasteiger partial charge in [0.1, 0.15) is 0 Å². The molecule has 0 spiro atoms. The molecule has 2 N–H and O–H groups in total. The third-order valence-electron chi connectivity index (χ3n) is 4.39. The number of anilines is 2. The van der Waals surface area contributed by atoms with Gasteiger partial charge in [0.05, 0.1) is 30.0 Å². The fourth-order valence-corrected chi connectivity index (χ4v) is 4.21. The lowest BCUT2D eigenvalue weighted by atomic mass is 10.2. The molecule has 0 fully saturated rings. The summed E-state index contributed by atoms with van der Waals surface area (Å²) in [5.41, 5.74) is 2.02. The van der Waals surface area contributed by atoms with Crippen LogP contribution < -0.4 is 14.8 Å². The number of ether oxygens (including phenoxy) is 1. The molecule has 1 amide bonds. The molecule has 0 bridgehead atoms. The van der Waals surface area contributed by atoms with Crippen LogP contribution >= 0.6 is 11.6 Å². The Bertz CT molecular complexity index is 1410. The minimum absolute atomic E-state index is 0.120. The Morgan fingerprint density at radius 3 is 2.38 bits per heavy atom. The zero-order chi connectivity index (χ0) is 22.7. The molecule has 9 nitrogen and oxygen atoms in total. The lowest BCUT2D eigenvalue weighted by Crippen LogP contribution is -2.17. The third-order valence-corrected chi connectivity index (χ3v) is 6.01. The Labute approximate surface area is 188 Å². The van der Waals surface area contributed by atoms with Crippen molar-refractivity contribution in [3.8, 4) is 5.88 Å². The van der Waals surface area contributed by atoms with Gasteiger partial charge in [-0.25, -0.2) is 13.4 Å². The number of carbonyl (C=O) groups excluding carboxylic acids is 1. The number of carbonyl (C=O) groups is 1. The van der Waals surface area contributed by atoms with Crippen LogP contribution in [-0.4, -0.2) is 36.4 Å². The first-order valence-electron chi connectivity index (χ1n) is 9.20. The number of amides is 1. The molecule has 0 aliphatic carbocycles. The van der Waals surface area contributed by atoms with Gasteiger partial charge in [-0.05, 0) is 48.5 Å². The minimum atomic E-state index is -4.07. The van der Waals surface area contributed by atoms with Crippen molar-refractivity contribution in [1.29, 1.82) is 0 Å². The maximum absolute atomic E-state index is 12.9. The lowest BCUT2D eigenvalue weighted by molar-refractivity contribution is 0.102. The highest BCUT2D eigenvalue weighted by Crippen LogP contribution is 2.27. The fourth-order valence-electron chi connectivity index (χ4n) is 2.88. The van der Waals surface area contributed by atoms with Gasteiger partial charge < -0.3 is 10.1 Å². The summed E-state index contributed by atoms with van der Waals surface area (Å²) in [7, 11) is -2.77. The van der Waals surface area contributed by atoms with E-state index in [1.165, 1.54) is 37.7 Å². The van der Waals surface area contributed by atoms with Gasteiger partial charge in [-0.2, -0.15) is 0 Å². The van der Waals surface area contributed by atoms with Crippen LogP contribution in [0.1, 0.15) is 10.4 Å². The minimum Gasteiger partial charge on any atom is -0.480 e. The number of pyridine rings is 1. The molecular weight excluding hydrogens is 454 g/mol. The Kier molecular flexibility index (Phi) is 5.89. The number of sulfonamides is 1. The molecule has 2 aromatic carbocycles. The number of nitrogens with one attached hydrogen (secondary N) is 2. The van der Waals surface area contributed by atoms with E-state index in [9.17, 15) is 13.2 Å². The van der Waals surface area contributed by atoms with E-state index in [1.807, 2.05) is 0 Å². The number of nitrogens with zero attached hydrogens (tertiary/aromatic N) is 3. The number of methoxy groups -OCH3 is 1. The second kappa shape index (κ2) is 8.77. The summed E-state index contributed by atoms with van der Waals surface area (Å²) in [5, 5.41) is 3.11. The second-order valence-corrected chi connectivity index (χ2v) is 8.65. The summed E-state index contributed by atoms with van der Waals surface area (Å²) >= 11 is 5.84. The maximum Gasteiger partial charge on any atom is 0.267 e. The predicted molar refractivity (Wildman–Crippen MR) is 121 cm³/mol. The normalized spacial score (nSPS) is 11.2. The van der Waals surface area contributed by atoms with E-state index in [4.69, 9.17) is 16.3 Å². The molecule has 0 radical (unpaired) electrons. The monoisotopic (exact) mass is 469 g/mol. The van der Waals surface area contributed by atoms with E-state index in [-0.39, 0.29) is 16.5 Å². The smallest absolute Gasteiger partial charge is 0.267 e. The zero-order valence-corrected chi connectivity index (χ0v) is 18.2.